The van der Waals surface area contributed by atoms with Crippen molar-refractivity contribution in [3.05, 3.63) is 71.3 Å². The number of aryl methyl sites for hydroxylation is 1. The maximum absolute atomic E-state index is 12.2. The molecule has 2 aromatic heterocycles. The van der Waals surface area contributed by atoms with Gasteiger partial charge in [-0.3, -0.25) is 0 Å². The van der Waals surface area contributed by atoms with Gasteiger partial charge in [-0.1, -0.05) is 11.6 Å². The average molecular weight is 379 g/mol. The summed E-state index contributed by atoms with van der Waals surface area (Å²) in [4.78, 5) is 4.08. The molecule has 0 aliphatic carbocycles. The van der Waals surface area contributed by atoms with Crippen molar-refractivity contribution in [3.8, 4) is 11.6 Å². The van der Waals surface area contributed by atoms with Crippen LogP contribution in [0.3, 0.4) is 0 Å². The van der Waals surface area contributed by atoms with Crippen LogP contribution in [0.15, 0.2) is 64.2 Å². The molecule has 0 amide bonds. The van der Waals surface area contributed by atoms with E-state index in [0.717, 1.165) is 5.56 Å². The molecular weight excluding hydrogens is 364 g/mol. The summed E-state index contributed by atoms with van der Waals surface area (Å²) < 4.78 is 37.6. The fraction of sp³-hybridized carbons (Fsp3) is 0.118. The summed E-state index contributed by atoms with van der Waals surface area (Å²) >= 11 is 5.97. The van der Waals surface area contributed by atoms with E-state index in [0.29, 0.717) is 16.5 Å². The third-order valence-corrected chi connectivity index (χ3v) is 5.20. The monoisotopic (exact) mass is 378 g/mol. The minimum atomic E-state index is -3.68. The fourth-order valence-electron chi connectivity index (χ4n) is 2.05. The second kappa shape index (κ2) is 7.26. The summed E-state index contributed by atoms with van der Waals surface area (Å²) in [5.74, 6) is 1.38. The van der Waals surface area contributed by atoms with Gasteiger partial charge in [-0.15, -0.1) is 0 Å². The molecule has 0 saturated carbocycles. The van der Waals surface area contributed by atoms with E-state index < -0.39 is 10.0 Å². The molecule has 8 heteroatoms. The highest BCUT2D eigenvalue weighted by Gasteiger charge is 2.15. The second-order valence-electron chi connectivity index (χ2n) is 5.25. The Hall–Kier alpha value is -2.35. The van der Waals surface area contributed by atoms with Gasteiger partial charge in [0.25, 0.3) is 0 Å². The molecule has 0 atom stereocenters. The predicted octanol–water partition coefficient (Wildman–Crippen LogP) is 3.91. The zero-order valence-corrected chi connectivity index (χ0v) is 14.8. The van der Waals surface area contributed by atoms with Crippen LogP contribution in [0, 0.1) is 6.92 Å². The first-order valence-electron chi connectivity index (χ1n) is 7.36. The number of ether oxygens (including phenoxy) is 1. The van der Waals surface area contributed by atoms with E-state index in [9.17, 15) is 8.42 Å². The first kappa shape index (κ1) is 17.5. The molecule has 0 radical (unpaired) electrons. The number of nitrogens with zero attached hydrogens (tertiary/aromatic N) is 1. The molecule has 6 nitrogen and oxygen atoms in total. The van der Waals surface area contributed by atoms with Gasteiger partial charge in [0.2, 0.25) is 15.9 Å². The van der Waals surface area contributed by atoms with Crippen molar-refractivity contribution in [2.24, 2.45) is 0 Å². The van der Waals surface area contributed by atoms with E-state index in [1.54, 1.807) is 30.3 Å². The topological polar surface area (TPSA) is 81.4 Å². The first-order chi connectivity index (χ1) is 11.9. The van der Waals surface area contributed by atoms with Gasteiger partial charge in [-0.2, -0.15) is 0 Å². The number of aromatic nitrogens is 1. The highest BCUT2D eigenvalue weighted by Crippen LogP contribution is 2.25. The van der Waals surface area contributed by atoms with Crippen LogP contribution < -0.4 is 9.46 Å². The van der Waals surface area contributed by atoms with Crippen LogP contribution in [0.25, 0.3) is 0 Å². The number of nitrogens with one attached hydrogen (secondary N) is 1. The van der Waals surface area contributed by atoms with Crippen LogP contribution in [0.2, 0.25) is 5.02 Å². The highest BCUT2D eigenvalue weighted by molar-refractivity contribution is 7.89. The van der Waals surface area contributed by atoms with Gasteiger partial charge in [0.05, 0.1) is 19.0 Å². The van der Waals surface area contributed by atoms with Crippen molar-refractivity contribution >= 4 is 21.6 Å². The maximum atomic E-state index is 12.2. The highest BCUT2D eigenvalue weighted by atomic mass is 35.5. The van der Waals surface area contributed by atoms with E-state index >= 15 is 0 Å². The molecule has 3 rings (SSSR count). The summed E-state index contributed by atoms with van der Waals surface area (Å²) in [6, 6.07) is 11.5. The lowest BCUT2D eigenvalue weighted by Gasteiger charge is -2.08. The number of sulfonamides is 1. The van der Waals surface area contributed by atoms with Gasteiger partial charge >= 0.3 is 0 Å². The number of furan rings is 1. The van der Waals surface area contributed by atoms with Crippen LogP contribution in [-0.4, -0.2) is 13.4 Å². The average Bonchev–Trinajstić information content (AvgIpc) is 3.11. The Morgan fingerprint density at radius 2 is 2.08 bits per heavy atom. The van der Waals surface area contributed by atoms with Gasteiger partial charge in [-0.25, -0.2) is 18.1 Å². The molecular formula is C17H15ClN2O4S. The molecule has 0 bridgehead atoms. The zero-order chi connectivity index (χ0) is 17.9. The van der Waals surface area contributed by atoms with Crippen molar-refractivity contribution in [2.45, 2.75) is 18.4 Å². The van der Waals surface area contributed by atoms with Crippen LogP contribution in [0.4, 0.5) is 0 Å². The van der Waals surface area contributed by atoms with E-state index in [-0.39, 0.29) is 17.3 Å². The van der Waals surface area contributed by atoms with Crippen LogP contribution >= 0.6 is 11.6 Å². The molecule has 0 unspecified atom stereocenters. The van der Waals surface area contributed by atoms with Gasteiger partial charge in [0.15, 0.2) is 0 Å². The fourth-order valence-corrected chi connectivity index (χ4v) is 3.11. The number of hydrogen-bond donors (Lipinski definition) is 1. The molecule has 0 aliphatic rings. The Kier molecular flexibility index (Phi) is 5.08. The van der Waals surface area contributed by atoms with Crippen molar-refractivity contribution in [2.75, 3.05) is 0 Å². The molecule has 0 aliphatic heterocycles. The van der Waals surface area contributed by atoms with E-state index in [1.165, 1.54) is 24.6 Å². The quantitative estimate of drug-likeness (QED) is 0.703. The summed E-state index contributed by atoms with van der Waals surface area (Å²) in [6.07, 6.45) is 2.72. The lowest BCUT2D eigenvalue weighted by Crippen LogP contribution is -2.23. The molecule has 0 fully saturated rings. The van der Waals surface area contributed by atoms with Crippen LogP contribution in [0.5, 0.6) is 11.6 Å². The van der Waals surface area contributed by atoms with E-state index in [4.69, 9.17) is 20.8 Å². The van der Waals surface area contributed by atoms with Crippen molar-refractivity contribution in [1.82, 2.24) is 9.71 Å². The van der Waals surface area contributed by atoms with Gasteiger partial charge in [-0.05, 0) is 48.9 Å². The lowest BCUT2D eigenvalue weighted by atomic mass is 10.2. The number of rotatable bonds is 6. The summed E-state index contributed by atoms with van der Waals surface area (Å²) in [5.41, 5.74) is 0.875. The summed E-state index contributed by atoms with van der Waals surface area (Å²) in [7, 11) is -3.68. The SMILES string of the molecule is Cc1cc(Oc2ccc(S(=O)(=O)NCc3ccco3)cn2)ccc1Cl. The van der Waals surface area contributed by atoms with E-state index in [2.05, 4.69) is 9.71 Å². The Balaban J connectivity index is 1.69. The third-order valence-electron chi connectivity index (χ3n) is 3.39. The smallest absolute Gasteiger partial charge is 0.242 e. The number of pyridine rings is 1. The Morgan fingerprint density at radius 3 is 2.72 bits per heavy atom. The Morgan fingerprint density at radius 1 is 1.24 bits per heavy atom. The largest absolute Gasteiger partial charge is 0.468 e. The Bertz CT molecular complexity index is 955. The zero-order valence-electron chi connectivity index (χ0n) is 13.3. The van der Waals surface area contributed by atoms with E-state index in [1.807, 2.05) is 6.92 Å². The minimum Gasteiger partial charge on any atom is -0.468 e. The van der Waals surface area contributed by atoms with Gasteiger partial charge in [0, 0.05) is 11.1 Å². The number of benzene rings is 1. The van der Waals surface area contributed by atoms with Crippen molar-refractivity contribution < 1.29 is 17.6 Å². The predicted molar refractivity (Wildman–Crippen MR) is 93.2 cm³/mol. The number of halogens is 1. The number of hydrogen-bond acceptors (Lipinski definition) is 5. The molecule has 2 heterocycles. The molecule has 130 valence electrons. The standard InChI is InChI=1S/C17H15ClN2O4S/c1-12-9-13(4-6-16(12)18)24-17-7-5-15(11-19-17)25(21,22)20-10-14-3-2-8-23-14/h2-9,11,20H,10H2,1H3. The molecule has 1 aromatic carbocycles. The van der Waals surface area contributed by atoms with Gasteiger partial charge < -0.3 is 9.15 Å². The van der Waals surface area contributed by atoms with Crippen LogP contribution in [0.1, 0.15) is 11.3 Å². The Labute approximate surface area is 150 Å². The normalized spacial score (nSPS) is 11.4. The first-order valence-corrected chi connectivity index (χ1v) is 9.22. The second-order valence-corrected chi connectivity index (χ2v) is 7.42. The summed E-state index contributed by atoms with van der Waals surface area (Å²) in [6.45, 7) is 1.93. The molecule has 3 aromatic rings. The van der Waals surface area contributed by atoms with Crippen molar-refractivity contribution in [1.29, 1.82) is 0 Å². The van der Waals surface area contributed by atoms with Gasteiger partial charge in [0.1, 0.15) is 16.4 Å². The lowest BCUT2D eigenvalue weighted by molar-refractivity contribution is 0.461. The molecule has 0 spiro atoms. The minimum absolute atomic E-state index is 0.0405. The van der Waals surface area contributed by atoms with Crippen LogP contribution in [-0.2, 0) is 16.6 Å². The maximum Gasteiger partial charge on any atom is 0.242 e. The van der Waals surface area contributed by atoms with Crippen molar-refractivity contribution in [3.63, 3.8) is 0 Å². The third kappa shape index (κ3) is 4.39. The molecule has 25 heavy (non-hydrogen) atoms. The molecule has 0 saturated heterocycles. The molecule has 1 N–H and O–H groups in total. The summed E-state index contributed by atoms with van der Waals surface area (Å²) in [5, 5.41) is 0.643.